The molecule has 0 aliphatic heterocycles. The topological polar surface area (TPSA) is 111 Å². The number of amides is 3. The summed E-state index contributed by atoms with van der Waals surface area (Å²) >= 11 is 11.1. The van der Waals surface area contributed by atoms with E-state index in [1.54, 1.807) is 0 Å². The van der Waals surface area contributed by atoms with E-state index < -0.39 is 33.6 Å². The zero-order chi connectivity index (χ0) is 19.4. The van der Waals surface area contributed by atoms with Crippen molar-refractivity contribution in [2.45, 2.75) is 26.7 Å². The average Bonchev–Trinajstić information content (AvgIpc) is 2.62. The van der Waals surface area contributed by atoms with Crippen molar-refractivity contribution in [3.05, 3.63) is 50.7 Å². The van der Waals surface area contributed by atoms with Crippen molar-refractivity contribution in [3.63, 3.8) is 0 Å². The Hall–Kier alpha value is -2.52. The summed E-state index contributed by atoms with van der Waals surface area (Å²) in [6.07, 6.45) is 2.45. The second-order valence-corrected chi connectivity index (χ2v) is 5.76. The van der Waals surface area contributed by atoms with Crippen molar-refractivity contribution in [3.8, 4) is 0 Å². The number of aromatic nitrogens is 3. The third-order valence-electron chi connectivity index (χ3n) is 3.43. The largest absolute Gasteiger partial charge is 0.616 e. The van der Waals surface area contributed by atoms with Gasteiger partial charge in [0.25, 0.3) is 5.91 Å². The maximum atomic E-state index is 13.6. The smallest absolute Gasteiger partial charge is 0.326 e. The van der Waals surface area contributed by atoms with E-state index in [1.165, 1.54) is 6.33 Å². The summed E-state index contributed by atoms with van der Waals surface area (Å²) in [5.41, 5.74) is 1.03. The van der Waals surface area contributed by atoms with E-state index >= 15 is 0 Å². The number of hydrogen-bond donors (Lipinski definition) is 2. The number of pyridine rings is 1. The summed E-state index contributed by atoms with van der Waals surface area (Å²) in [6.45, 7) is 3.69. The first-order valence-electron chi connectivity index (χ1n) is 7.52. The maximum Gasteiger partial charge on any atom is 0.326 e. The molecule has 0 aliphatic carbocycles. The van der Waals surface area contributed by atoms with E-state index in [0.717, 1.165) is 0 Å². The number of aryl methyl sites for hydroxylation is 2. The number of nitrogens with one attached hydrogen (secondary N) is 2. The predicted octanol–water partition coefficient (Wildman–Crippen LogP) is 2.64. The van der Waals surface area contributed by atoms with Crippen LogP contribution in [0, 0.1) is 11.0 Å². The zero-order valence-corrected chi connectivity index (χ0v) is 15.3. The highest BCUT2D eigenvalue weighted by molar-refractivity contribution is 6.33. The summed E-state index contributed by atoms with van der Waals surface area (Å²) in [7, 11) is 0. The van der Waals surface area contributed by atoms with Crippen LogP contribution >= 0.6 is 23.2 Å². The van der Waals surface area contributed by atoms with Crippen molar-refractivity contribution in [2.75, 3.05) is 5.32 Å². The summed E-state index contributed by atoms with van der Waals surface area (Å²) < 4.78 is 13.4. The molecule has 0 saturated heterocycles. The third-order valence-corrected chi connectivity index (χ3v) is 4.12. The third kappa shape index (κ3) is 4.00. The molecule has 0 radical (unpaired) electrons. The standard InChI is InChI=1S/C15H14Cl2FN5O3/c1-3-9-11(10(4-2)20-6-19-9)21-15(25)22-14(24)7-5-8(18)13(17)23(26)12(7)16/h5-6H,3-4H2,1-2H3,(H2,21,22,24,25). The normalized spacial score (nSPS) is 10.5. The van der Waals surface area contributed by atoms with Crippen molar-refractivity contribution >= 4 is 40.8 Å². The molecule has 0 saturated carbocycles. The Kier molecular flexibility index (Phi) is 6.27. The fourth-order valence-corrected chi connectivity index (χ4v) is 2.56. The Morgan fingerprint density at radius 3 is 2.31 bits per heavy atom. The van der Waals surface area contributed by atoms with E-state index in [2.05, 4.69) is 15.3 Å². The van der Waals surface area contributed by atoms with Crippen molar-refractivity contribution < 1.29 is 18.7 Å². The van der Waals surface area contributed by atoms with Gasteiger partial charge < -0.3 is 10.5 Å². The van der Waals surface area contributed by atoms with Crippen LogP contribution in [0.3, 0.4) is 0 Å². The quantitative estimate of drug-likeness (QED) is 0.464. The van der Waals surface area contributed by atoms with Crippen LogP contribution in [0.4, 0.5) is 14.9 Å². The minimum Gasteiger partial charge on any atom is -0.616 e. The van der Waals surface area contributed by atoms with Gasteiger partial charge in [0.15, 0.2) is 0 Å². The SMILES string of the molecule is CCc1ncnc(CC)c1NC(=O)NC(=O)c1cc(F)c(Cl)[n+]([O-])c1Cl. The first-order chi connectivity index (χ1) is 12.3. The van der Waals surface area contributed by atoms with Crippen LogP contribution in [0.5, 0.6) is 0 Å². The number of urea groups is 1. The second-order valence-electron chi connectivity index (χ2n) is 5.04. The number of hydrogen-bond acceptors (Lipinski definition) is 5. The molecule has 0 bridgehead atoms. The number of nitrogens with zero attached hydrogens (tertiary/aromatic N) is 3. The van der Waals surface area contributed by atoms with Crippen LogP contribution in [0.2, 0.25) is 10.3 Å². The minimum absolute atomic E-state index is 0.152. The molecule has 3 amide bonds. The number of anilines is 1. The molecule has 0 spiro atoms. The lowest BCUT2D eigenvalue weighted by Crippen LogP contribution is -2.38. The van der Waals surface area contributed by atoms with Crippen molar-refractivity contribution in [2.24, 2.45) is 0 Å². The van der Waals surface area contributed by atoms with E-state index in [0.29, 0.717) is 36.0 Å². The summed E-state index contributed by atoms with van der Waals surface area (Å²) in [4.78, 5) is 32.4. The van der Waals surface area contributed by atoms with Gasteiger partial charge in [-0.05, 0) is 36.0 Å². The Bertz CT molecular complexity index is 857. The molecular weight excluding hydrogens is 388 g/mol. The molecule has 0 fully saturated rings. The Morgan fingerprint density at radius 2 is 1.77 bits per heavy atom. The van der Waals surface area contributed by atoms with E-state index in [4.69, 9.17) is 23.2 Å². The Labute approximate surface area is 157 Å². The highest BCUT2D eigenvalue weighted by Crippen LogP contribution is 2.20. The molecule has 0 atom stereocenters. The van der Waals surface area contributed by atoms with Crippen LogP contribution in [0.1, 0.15) is 35.6 Å². The molecule has 2 N–H and O–H groups in total. The molecule has 26 heavy (non-hydrogen) atoms. The van der Waals surface area contributed by atoms with Gasteiger partial charge in [0, 0.05) is 6.07 Å². The molecular formula is C15H14Cl2FN5O3. The second kappa shape index (κ2) is 8.24. The highest BCUT2D eigenvalue weighted by atomic mass is 35.5. The number of halogens is 3. The molecule has 2 aromatic rings. The van der Waals surface area contributed by atoms with Crippen LogP contribution in [-0.2, 0) is 12.8 Å². The fourth-order valence-electron chi connectivity index (χ4n) is 2.16. The van der Waals surface area contributed by atoms with Gasteiger partial charge in [0.2, 0.25) is 5.82 Å². The van der Waals surface area contributed by atoms with Gasteiger partial charge in [0.05, 0.1) is 17.1 Å². The lowest BCUT2D eigenvalue weighted by atomic mass is 10.2. The molecule has 2 heterocycles. The zero-order valence-electron chi connectivity index (χ0n) is 13.8. The van der Waals surface area contributed by atoms with Crippen LogP contribution in [0.15, 0.2) is 12.4 Å². The summed E-state index contributed by atoms with van der Waals surface area (Å²) in [5.74, 6) is -2.21. The molecule has 8 nitrogen and oxygen atoms in total. The molecule has 2 rings (SSSR count). The van der Waals surface area contributed by atoms with Gasteiger partial charge in [-0.15, -0.1) is 4.73 Å². The average molecular weight is 402 g/mol. The van der Waals surface area contributed by atoms with Crippen molar-refractivity contribution in [1.29, 1.82) is 0 Å². The first-order valence-corrected chi connectivity index (χ1v) is 8.27. The maximum absolute atomic E-state index is 13.6. The molecule has 0 unspecified atom stereocenters. The highest BCUT2D eigenvalue weighted by Gasteiger charge is 2.25. The van der Waals surface area contributed by atoms with Gasteiger partial charge in [-0.25, -0.2) is 14.8 Å². The van der Waals surface area contributed by atoms with Crippen molar-refractivity contribution in [1.82, 2.24) is 15.3 Å². The molecule has 11 heteroatoms. The van der Waals surface area contributed by atoms with Gasteiger partial charge in [-0.3, -0.25) is 10.1 Å². The predicted molar refractivity (Wildman–Crippen MR) is 92.7 cm³/mol. The number of imide groups is 1. The number of rotatable bonds is 4. The van der Waals surface area contributed by atoms with E-state index in [-0.39, 0.29) is 4.73 Å². The van der Waals surface area contributed by atoms with Crippen LogP contribution in [0.25, 0.3) is 0 Å². The number of carbonyl (C=O) groups excluding carboxylic acids is 2. The van der Waals surface area contributed by atoms with E-state index in [9.17, 15) is 19.2 Å². The molecule has 138 valence electrons. The molecule has 0 aromatic carbocycles. The fraction of sp³-hybridized carbons (Fsp3) is 0.267. The van der Waals surface area contributed by atoms with Crippen LogP contribution in [-0.4, -0.2) is 21.9 Å². The summed E-state index contributed by atoms with van der Waals surface area (Å²) in [5, 5.41) is 14.6. The van der Waals surface area contributed by atoms with Gasteiger partial charge in [-0.1, -0.05) is 13.8 Å². The monoisotopic (exact) mass is 401 g/mol. The minimum atomic E-state index is -1.14. The van der Waals surface area contributed by atoms with E-state index in [1.807, 2.05) is 19.2 Å². The lowest BCUT2D eigenvalue weighted by Gasteiger charge is -2.13. The van der Waals surface area contributed by atoms with Gasteiger partial charge >= 0.3 is 16.3 Å². The Balaban J connectivity index is 2.23. The van der Waals surface area contributed by atoms with Gasteiger partial charge in [0.1, 0.15) is 11.9 Å². The Morgan fingerprint density at radius 1 is 1.19 bits per heavy atom. The van der Waals surface area contributed by atoms with Crippen LogP contribution < -0.4 is 15.4 Å². The lowest BCUT2D eigenvalue weighted by molar-refractivity contribution is -0.602. The van der Waals surface area contributed by atoms with Gasteiger partial charge in [-0.2, -0.15) is 4.39 Å². The number of carbonyl (C=O) groups is 2. The molecule has 2 aromatic heterocycles. The summed E-state index contributed by atoms with van der Waals surface area (Å²) in [6, 6.07) is -0.236. The first kappa shape index (κ1) is 19.8. The molecule has 0 aliphatic rings.